The van der Waals surface area contributed by atoms with Crippen LogP contribution in [-0.4, -0.2) is 42.1 Å². The van der Waals surface area contributed by atoms with Gasteiger partial charge in [0.2, 0.25) is 0 Å². The Labute approximate surface area is 157 Å². The van der Waals surface area contributed by atoms with Crippen LogP contribution >= 0.6 is 11.8 Å². The predicted octanol–water partition coefficient (Wildman–Crippen LogP) is 3.57. The largest absolute Gasteiger partial charge is 0.352 e. The summed E-state index contributed by atoms with van der Waals surface area (Å²) >= 11 is 1.44. The zero-order valence-corrected chi connectivity index (χ0v) is 15.8. The normalized spacial score (nSPS) is 10.7. The molecular weight excluding hydrogens is 350 g/mol. The van der Waals surface area contributed by atoms with Crippen LogP contribution in [0.5, 0.6) is 0 Å². The molecule has 2 rings (SSSR count). The van der Waals surface area contributed by atoms with Crippen LogP contribution in [0.15, 0.2) is 53.4 Å². The summed E-state index contributed by atoms with van der Waals surface area (Å²) in [5.74, 6) is -0.404. The number of nitro benzene ring substituents is 1. The zero-order valence-electron chi connectivity index (χ0n) is 15.0. The third-order valence-corrected chi connectivity index (χ3v) is 4.67. The van der Waals surface area contributed by atoms with Crippen molar-refractivity contribution in [3.05, 3.63) is 69.8 Å². The van der Waals surface area contributed by atoms with E-state index in [4.69, 9.17) is 0 Å². The summed E-state index contributed by atoms with van der Waals surface area (Å²) in [6.45, 7) is 2.14. The van der Waals surface area contributed by atoms with Gasteiger partial charge in [0.15, 0.2) is 0 Å². The van der Waals surface area contributed by atoms with Crippen molar-refractivity contribution in [3.63, 3.8) is 0 Å². The fourth-order valence-corrected chi connectivity index (χ4v) is 3.04. The number of benzene rings is 2. The SMILES string of the molecule is CSc1ccc([N+](=O)[O-])c(C(=O)NCCCN(C)Cc2ccccc2)c1. The molecule has 0 aliphatic rings. The van der Waals surface area contributed by atoms with Gasteiger partial charge in [-0.15, -0.1) is 11.8 Å². The summed E-state index contributed by atoms with van der Waals surface area (Å²) in [5.41, 5.74) is 1.18. The van der Waals surface area contributed by atoms with E-state index in [1.54, 1.807) is 12.1 Å². The Hall–Kier alpha value is -2.38. The van der Waals surface area contributed by atoms with Crippen LogP contribution in [0.4, 0.5) is 5.69 Å². The summed E-state index contributed by atoms with van der Waals surface area (Å²) in [7, 11) is 2.03. The van der Waals surface area contributed by atoms with Crippen LogP contribution in [0.3, 0.4) is 0 Å². The van der Waals surface area contributed by atoms with Crippen molar-refractivity contribution >= 4 is 23.4 Å². The molecule has 0 atom stereocenters. The molecule has 0 fully saturated rings. The number of hydrogen-bond acceptors (Lipinski definition) is 5. The molecule has 138 valence electrons. The third kappa shape index (κ3) is 5.86. The molecule has 1 N–H and O–H groups in total. The highest BCUT2D eigenvalue weighted by Crippen LogP contribution is 2.24. The average Bonchev–Trinajstić information content (AvgIpc) is 2.65. The molecule has 1 amide bonds. The van der Waals surface area contributed by atoms with Crippen molar-refractivity contribution in [2.24, 2.45) is 0 Å². The van der Waals surface area contributed by atoms with Crippen molar-refractivity contribution in [2.75, 3.05) is 26.4 Å². The number of carbonyl (C=O) groups excluding carboxylic acids is 1. The average molecular weight is 373 g/mol. The molecular formula is C19H23N3O3S. The second kappa shape index (κ2) is 9.94. The maximum atomic E-state index is 12.3. The minimum Gasteiger partial charge on any atom is -0.352 e. The molecule has 0 radical (unpaired) electrons. The molecule has 0 bridgehead atoms. The van der Waals surface area contributed by atoms with Crippen LogP contribution in [0.25, 0.3) is 0 Å². The summed E-state index contributed by atoms with van der Waals surface area (Å²) in [4.78, 5) is 25.9. The molecule has 6 nitrogen and oxygen atoms in total. The molecule has 0 aliphatic heterocycles. The van der Waals surface area contributed by atoms with Gasteiger partial charge in [0.25, 0.3) is 11.6 Å². The fraction of sp³-hybridized carbons (Fsp3) is 0.316. The van der Waals surface area contributed by atoms with Gasteiger partial charge < -0.3 is 10.2 Å². The van der Waals surface area contributed by atoms with Gasteiger partial charge in [-0.2, -0.15) is 0 Å². The van der Waals surface area contributed by atoms with Gasteiger partial charge in [-0.3, -0.25) is 14.9 Å². The number of nitro groups is 1. The van der Waals surface area contributed by atoms with Crippen molar-refractivity contribution in [1.29, 1.82) is 0 Å². The maximum absolute atomic E-state index is 12.3. The first kappa shape index (κ1) is 19.9. The first-order chi connectivity index (χ1) is 12.5. The van der Waals surface area contributed by atoms with E-state index in [1.165, 1.54) is 23.4 Å². The molecule has 26 heavy (non-hydrogen) atoms. The topological polar surface area (TPSA) is 75.5 Å². The molecule has 2 aromatic carbocycles. The van der Waals surface area contributed by atoms with Gasteiger partial charge in [-0.25, -0.2) is 0 Å². The standard InChI is InChI=1S/C19H23N3O3S/c1-21(14-15-7-4-3-5-8-15)12-6-11-20-19(23)17-13-16(26-2)9-10-18(17)22(24)25/h3-5,7-10,13H,6,11-12,14H2,1-2H3,(H,20,23). The van der Waals surface area contributed by atoms with Crippen molar-refractivity contribution in [2.45, 2.75) is 17.9 Å². The Kier molecular flexibility index (Phi) is 7.62. The Morgan fingerprint density at radius 3 is 2.62 bits per heavy atom. The van der Waals surface area contributed by atoms with Crippen LogP contribution < -0.4 is 5.32 Å². The van der Waals surface area contributed by atoms with Gasteiger partial charge in [0.05, 0.1) is 4.92 Å². The lowest BCUT2D eigenvalue weighted by molar-refractivity contribution is -0.385. The number of hydrogen-bond donors (Lipinski definition) is 1. The van der Waals surface area contributed by atoms with Gasteiger partial charge in [-0.1, -0.05) is 30.3 Å². The summed E-state index contributed by atoms with van der Waals surface area (Å²) in [5, 5.41) is 13.9. The molecule has 2 aromatic rings. The number of nitrogens with one attached hydrogen (secondary N) is 1. The zero-order chi connectivity index (χ0) is 18.9. The molecule has 7 heteroatoms. The van der Waals surface area contributed by atoms with Gasteiger partial charge in [-0.05, 0) is 44.0 Å². The van der Waals surface area contributed by atoms with Crippen molar-refractivity contribution < 1.29 is 9.72 Å². The predicted molar refractivity (Wildman–Crippen MR) is 105 cm³/mol. The summed E-state index contributed by atoms with van der Waals surface area (Å²) in [6, 6.07) is 14.8. The number of carbonyl (C=O) groups is 1. The highest BCUT2D eigenvalue weighted by atomic mass is 32.2. The molecule has 0 heterocycles. The van der Waals surface area contributed by atoms with Gasteiger partial charge in [0.1, 0.15) is 5.56 Å². The first-order valence-corrected chi connectivity index (χ1v) is 9.57. The lowest BCUT2D eigenvalue weighted by Gasteiger charge is -2.16. The third-order valence-electron chi connectivity index (χ3n) is 3.94. The van der Waals surface area contributed by atoms with E-state index < -0.39 is 10.8 Å². The number of amides is 1. The molecule has 0 aliphatic carbocycles. The highest BCUT2D eigenvalue weighted by Gasteiger charge is 2.20. The van der Waals surface area contributed by atoms with E-state index in [1.807, 2.05) is 31.5 Å². The Morgan fingerprint density at radius 2 is 1.96 bits per heavy atom. The van der Waals surface area contributed by atoms with Crippen LogP contribution in [-0.2, 0) is 6.54 Å². The number of thioether (sulfide) groups is 1. The minimum absolute atomic E-state index is 0.111. The van der Waals surface area contributed by atoms with Crippen LogP contribution in [0.2, 0.25) is 0 Å². The second-order valence-corrected chi connectivity index (χ2v) is 6.85. The second-order valence-electron chi connectivity index (χ2n) is 5.97. The maximum Gasteiger partial charge on any atom is 0.282 e. The molecule has 0 aromatic heterocycles. The van der Waals surface area contributed by atoms with E-state index in [0.29, 0.717) is 6.54 Å². The van der Waals surface area contributed by atoms with E-state index >= 15 is 0 Å². The quantitative estimate of drug-likeness (QED) is 0.315. The first-order valence-electron chi connectivity index (χ1n) is 8.34. The van der Waals surface area contributed by atoms with E-state index in [9.17, 15) is 14.9 Å². The fourth-order valence-electron chi connectivity index (χ4n) is 2.60. The van der Waals surface area contributed by atoms with Crippen LogP contribution in [0, 0.1) is 10.1 Å². The smallest absolute Gasteiger partial charge is 0.282 e. The monoisotopic (exact) mass is 373 g/mol. The van der Waals surface area contributed by atoms with Crippen molar-refractivity contribution in [3.8, 4) is 0 Å². The Morgan fingerprint density at radius 1 is 1.23 bits per heavy atom. The summed E-state index contributed by atoms with van der Waals surface area (Å²) < 4.78 is 0. The molecule has 0 saturated carbocycles. The minimum atomic E-state index is -0.521. The van der Waals surface area contributed by atoms with E-state index in [-0.39, 0.29) is 11.3 Å². The van der Waals surface area contributed by atoms with Gasteiger partial charge >= 0.3 is 0 Å². The summed E-state index contributed by atoms with van der Waals surface area (Å²) in [6.07, 6.45) is 2.64. The van der Waals surface area contributed by atoms with Crippen molar-refractivity contribution in [1.82, 2.24) is 10.2 Å². The van der Waals surface area contributed by atoms with E-state index in [2.05, 4.69) is 22.3 Å². The van der Waals surface area contributed by atoms with Crippen LogP contribution in [0.1, 0.15) is 22.3 Å². The van der Waals surface area contributed by atoms with Gasteiger partial charge in [0, 0.05) is 24.1 Å². The lowest BCUT2D eigenvalue weighted by atomic mass is 10.1. The lowest BCUT2D eigenvalue weighted by Crippen LogP contribution is -2.28. The molecule has 0 spiro atoms. The Balaban J connectivity index is 1.84. The molecule has 0 saturated heterocycles. The number of nitrogens with zero attached hydrogens (tertiary/aromatic N) is 2. The molecule has 0 unspecified atom stereocenters. The number of rotatable bonds is 9. The Bertz CT molecular complexity index is 753. The highest BCUT2D eigenvalue weighted by molar-refractivity contribution is 7.98. The van der Waals surface area contributed by atoms with E-state index in [0.717, 1.165) is 24.4 Å².